The molecule has 0 heterocycles. The van der Waals surface area contributed by atoms with Crippen LogP contribution < -0.4 is 0 Å². The van der Waals surface area contributed by atoms with Crippen LogP contribution in [-0.2, 0) is 19.0 Å². The van der Waals surface area contributed by atoms with E-state index in [1.165, 1.54) is 64.2 Å². The third-order valence-corrected chi connectivity index (χ3v) is 9.60. The fraction of sp³-hybridized carbons (Fsp3) is 0.950. The average molecular weight is 685 g/mol. The van der Waals surface area contributed by atoms with Gasteiger partial charge in [0.15, 0.2) is 0 Å². The van der Waals surface area contributed by atoms with Gasteiger partial charge >= 0.3 is 12.1 Å². The third-order valence-electron chi connectivity index (χ3n) is 9.60. The summed E-state index contributed by atoms with van der Waals surface area (Å²) in [5.74, 6) is 0.489. The largest absolute Gasteiger partial charge is 0.508 e. The summed E-state index contributed by atoms with van der Waals surface area (Å²) < 4.78 is 17.0. The molecule has 0 aliphatic rings. The molecule has 8 heteroatoms. The number of hydrogen-bond acceptors (Lipinski definition) is 8. The van der Waals surface area contributed by atoms with E-state index in [0.717, 1.165) is 96.8 Å². The van der Waals surface area contributed by atoms with Crippen molar-refractivity contribution in [3.8, 4) is 0 Å². The molecule has 8 nitrogen and oxygen atoms in total. The number of esters is 1. The molecular weight excluding hydrogens is 604 g/mol. The Morgan fingerprint density at radius 1 is 0.562 bits per heavy atom. The summed E-state index contributed by atoms with van der Waals surface area (Å²) in [6.07, 6.45) is 23.5. The maximum Gasteiger partial charge on any atom is 0.508 e. The van der Waals surface area contributed by atoms with Crippen LogP contribution in [0.1, 0.15) is 176 Å². The summed E-state index contributed by atoms with van der Waals surface area (Å²) in [5.41, 5.74) is 0. The summed E-state index contributed by atoms with van der Waals surface area (Å²) in [5, 5.41) is 9.46. The van der Waals surface area contributed by atoms with Crippen LogP contribution in [0.2, 0.25) is 0 Å². The second-order valence-electron chi connectivity index (χ2n) is 13.8. The molecule has 286 valence electrons. The van der Waals surface area contributed by atoms with E-state index in [0.29, 0.717) is 32.0 Å². The zero-order chi connectivity index (χ0) is 35.5. The highest BCUT2D eigenvalue weighted by atomic mass is 16.7. The monoisotopic (exact) mass is 685 g/mol. The summed E-state index contributed by atoms with van der Waals surface area (Å²) in [4.78, 5) is 29.5. The first kappa shape index (κ1) is 46.6. The van der Waals surface area contributed by atoms with Gasteiger partial charge in [0.2, 0.25) is 0 Å². The Morgan fingerprint density at radius 3 is 1.71 bits per heavy atom. The van der Waals surface area contributed by atoms with Gasteiger partial charge in [0, 0.05) is 19.5 Å². The molecule has 2 atom stereocenters. The van der Waals surface area contributed by atoms with E-state index in [4.69, 9.17) is 14.2 Å². The summed E-state index contributed by atoms with van der Waals surface area (Å²) in [6.45, 7) is 17.2. The first-order valence-electron chi connectivity index (χ1n) is 20.5. The molecular formula is C40H80N2O6. The zero-order valence-electron chi connectivity index (χ0n) is 32.5. The van der Waals surface area contributed by atoms with Gasteiger partial charge in [-0.25, -0.2) is 4.79 Å². The molecule has 0 aromatic heterocycles. The van der Waals surface area contributed by atoms with Crippen molar-refractivity contribution in [3.05, 3.63) is 0 Å². The quantitative estimate of drug-likeness (QED) is 0.0515. The number of carbonyl (C=O) groups excluding carboxylic acids is 2. The Morgan fingerprint density at radius 2 is 1.10 bits per heavy atom. The fourth-order valence-electron chi connectivity index (χ4n) is 6.32. The Hall–Kier alpha value is -1.38. The van der Waals surface area contributed by atoms with Gasteiger partial charge in [0.25, 0.3) is 0 Å². The summed E-state index contributed by atoms with van der Waals surface area (Å²) >= 11 is 0. The van der Waals surface area contributed by atoms with Crippen LogP contribution in [0, 0.1) is 5.92 Å². The molecule has 0 amide bonds. The molecule has 0 fully saturated rings. The first-order valence-corrected chi connectivity index (χ1v) is 20.5. The molecule has 1 N–H and O–H groups in total. The lowest BCUT2D eigenvalue weighted by Crippen LogP contribution is -2.34. The number of carbonyl (C=O) groups is 2. The molecule has 0 saturated heterocycles. The summed E-state index contributed by atoms with van der Waals surface area (Å²) in [6, 6.07) is 0. The second kappa shape index (κ2) is 35.4. The molecule has 0 rings (SSSR count). The van der Waals surface area contributed by atoms with Gasteiger partial charge < -0.3 is 24.2 Å². The van der Waals surface area contributed by atoms with Crippen molar-refractivity contribution in [1.29, 1.82) is 0 Å². The van der Waals surface area contributed by atoms with Gasteiger partial charge in [0.1, 0.15) is 12.7 Å². The van der Waals surface area contributed by atoms with E-state index in [9.17, 15) is 14.7 Å². The minimum absolute atomic E-state index is 0.0311. The highest BCUT2D eigenvalue weighted by Gasteiger charge is 2.16. The molecule has 48 heavy (non-hydrogen) atoms. The molecule has 0 aliphatic heterocycles. The fourth-order valence-corrected chi connectivity index (χ4v) is 6.32. The molecule has 2 unspecified atom stereocenters. The normalized spacial score (nSPS) is 12.8. The minimum atomic E-state index is -0.567. The zero-order valence-corrected chi connectivity index (χ0v) is 32.5. The lowest BCUT2D eigenvalue weighted by atomic mass is 9.96. The molecule has 0 spiro atoms. The van der Waals surface area contributed by atoms with E-state index >= 15 is 0 Å². The van der Waals surface area contributed by atoms with E-state index in [1.807, 2.05) is 0 Å². The molecule has 0 aromatic rings. The van der Waals surface area contributed by atoms with Gasteiger partial charge in [-0.3, -0.25) is 9.69 Å². The van der Waals surface area contributed by atoms with E-state index in [1.54, 1.807) is 0 Å². The number of aliphatic hydroxyl groups excluding tert-OH is 1. The molecule has 0 aliphatic carbocycles. The van der Waals surface area contributed by atoms with Crippen LogP contribution in [0.3, 0.4) is 0 Å². The lowest BCUT2D eigenvalue weighted by molar-refractivity contribution is -0.145. The van der Waals surface area contributed by atoms with E-state index in [2.05, 4.69) is 44.4 Å². The van der Waals surface area contributed by atoms with Gasteiger partial charge in [-0.1, -0.05) is 118 Å². The van der Waals surface area contributed by atoms with E-state index < -0.39 is 6.16 Å². The van der Waals surface area contributed by atoms with Crippen LogP contribution in [0.15, 0.2) is 0 Å². The average Bonchev–Trinajstić information content (AvgIpc) is 3.08. The minimum Gasteiger partial charge on any atom is -0.465 e. The van der Waals surface area contributed by atoms with Crippen molar-refractivity contribution in [2.24, 2.45) is 5.92 Å². The number of hydrogen-bond donors (Lipinski definition) is 1. The topological polar surface area (TPSA) is 88.5 Å². The van der Waals surface area contributed by atoms with Crippen molar-refractivity contribution in [3.63, 3.8) is 0 Å². The number of rotatable bonds is 36. The van der Waals surface area contributed by atoms with Gasteiger partial charge in [-0.2, -0.15) is 0 Å². The van der Waals surface area contributed by atoms with E-state index in [-0.39, 0.29) is 25.3 Å². The Kier molecular flexibility index (Phi) is 34.4. The predicted octanol–water partition coefficient (Wildman–Crippen LogP) is 9.95. The Labute approximate surface area is 297 Å². The van der Waals surface area contributed by atoms with Crippen LogP contribution in [0.5, 0.6) is 0 Å². The highest BCUT2D eigenvalue weighted by Crippen LogP contribution is 2.19. The third kappa shape index (κ3) is 29.5. The maximum atomic E-state index is 12.6. The van der Waals surface area contributed by atoms with Crippen molar-refractivity contribution in [2.45, 2.75) is 182 Å². The van der Waals surface area contributed by atoms with Crippen LogP contribution in [-0.4, -0.2) is 92.2 Å². The molecule has 0 saturated carbocycles. The number of ether oxygens (including phenoxy) is 3. The predicted molar refractivity (Wildman–Crippen MR) is 201 cm³/mol. The summed E-state index contributed by atoms with van der Waals surface area (Å²) in [7, 11) is 0. The Bertz CT molecular complexity index is 705. The second-order valence-corrected chi connectivity index (χ2v) is 13.8. The van der Waals surface area contributed by atoms with Gasteiger partial charge in [0.05, 0.1) is 13.2 Å². The number of nitrogens with zero attached hydrogens (tertiary/aromatic N) is 2. The highest BCUT2D eigenvalue weighted by molar-refractivity contribution is 5.69. The lowest BCUT2D eigenvalue weighted by Gasteiger charge is -2.24. The van der Waals surface area contributed by atoms with Crippen molar-refractivity contribution in [2.75, 3.05) is 59.1 Å². The number of unbranched alkanes of at least 4 members (excludes halogenated alkanes) is 12. The maximum absolute atomic E-state index is 12.6. The number of aliphatic hydroxyl groups is 1. The van der Waals surface area contributed by atoms with Crippen molar-refractivity contribution >= 4 is 12.1 Å². The SMILES string of the molecule is CCCCCCC(CCCC)COC(=O)CCCCCCCCC(CCCCCC)OC(=O)OCCN(CCO)CCCN(CC)CC. The molecule has 0 bridgehead atoms. The van der Waals surface area contributed by atoms with Gasteiger partial charge in [-0.15, -0.1) is 0 Å². The van der Waals surface area contributed by atoms with Crippen LogP contribution >= 0.6 is 0 Å². The Balaban J connectivity index is 4.31. The smallest absolute Gasteiger partial charge is 0.465 e. The van der Waals surface area contributed by atoms with Crippen molar-refractivity contribution in [1.82, 2.24) is 9.80 Å². The van der Waals surface area contributed by atoms with Crippen molar-refractivity contribution < 1.29 is 28.9 Å². The first-order chi connectivity index (χ1) is 23.4. The van der Waals surface area contributed by atoms with Crippen LogP contribution in [0.25, 0.3) is 0 Å². The van der Waals surface area contributed by atoms with Crippen LogP contribution in [0.4, 0.5) is 4.79 Å². The molecule has 0 radical (unpaired) electrons. The van der Waals surface area contributed by atoms with Gasteiger partial charge in [-0.05, 0) is 83.5 Å². The molecule has 0 aromatic carbocycles. The standard InChI is InChI=1S/C40H80N2O6/c1-6-11-14-20-26-37(25-13-8-3)36-47-39(44)29-23-19-17-16-18-22-28-38(27-21-15-12-7-2)48-40(45)46-35-33-42(32-34-43)31-24-30-41(9-4)10-5/h37-38,43H,6-36H2,1-5H3.